The van der Waals surface area contributed by atoms with Gasteiger partial charge in [0.05, 0.1) is 36.5 Å². The third-order valence-corrected chi connectivity index (χ3v) is 7.42. The summed E-state index contributed by atoms with van der Waals surface area (Å²) in [6, 6.07) is 3.53. The lowest BCUT2D eigenvalue weighted by molar-refractivity contribution is -0.136. The van der Waals surface area contributed by atoms with Gasteiger partial charge in [-0.15, -0.1) is 0 Å². The normalized spacial score (nSPS) is 18.3. The molecule has 0 unspecified atom stereocenters. The minimum atomic E-state index is -4.54. The first-order valence-corrected chi connectivity index (χ1v) is 13.0. The number of ether oxygens (including phenoxy) is 2. The van der Waals surface area contributed by atoms with Gasteiger partial charge in [0.25, 0.3) is 5.91 Å². The summed E-state index contributed by atoms with van der Waals surface area (Å²) in [5, 5.41) is 6.32. The quantitative estimate of drug-likeness (QED) is 0.432. The molecule has 9 nitrogen and oxygen atoms in total. The molecule has 1 saturated carbocycles. The van der Waals surface area contributed by atoms with Crippen molar-refractivity contribution in [2.24, 2.45) is 0 Å². The van der Waals surface area contributed by atoms with Crippen LogP contribution in [0.2, 0.25) is 0 Å². The maximum Gasteiger partial charge on any atom is 0.418 e. The highest BCUT2D eigenvalue weighted by molar-refractivity contribution is 5.98. The topological polar surface area (TPSA) is 104 Å². The zero-order chi connectivity index (χ0) is 26.3. The van der Waals surface area contributed by atoms with Crippen LogP contribution in [0, 0.1) is 0 Å². The highest BCUT2D eigenvalue weighted by Crippen LogP contribution is 2.41. The van der Waals surface area contributed by atoms with Crippen molar-refractivity contribution in [3.63, 3.8) is 0 Å². The van der Waals surface area contributed by atoms with Crippen LogP contribution in [0.3, 0.4) is 0 Å². The number of morpholine rings is 1. The average molecular weight is 531 g/mol. The van der Waals surface area contributed by atoms with Gasteiger partial charge >= 0.3 is 6.18 Å². The first-order chi connectivity index (χ1) is 18.4. The standard InChI is InChI=1S/C26H29F3N6O3/c27-26(28,29)18-14-30-22-20(18)23(31-15-4-2-1-3-5-15)34-25(33-22)32-19-7-6-17(16-8-11-38-21(16)19)24(36)35-9-12-37-13-10-35/h6-7,14-15H,1-5,8-13H2,(H3,30,31,32,33,34). The fraction of sp³-hybridized carbons (Fsp3) is 0.500. The predicted octanol–water partition coefficient (Wildman–Crippen LogP) is 4.87. The zero-order valence-electron chi connectivity index (χ0n) is 20.8. The number of aromatic nitrogens is 3. The first kappa shape index (κ1) is 24.8. The van der Waals surface area contributed by atoms with E-state index in [0.29, 0.717) is 56.3 Å². The van der Waals surface area contributed by atoms with Crippen molar-refractivity contribution < 1.29 is 27.4 Å². The molecule has 0 atom stereocenters. The molecule has 1 amide bonds. The third-order valence-electron chi connectivity index (χ3n) is 7.42. The Labute approximate surface area is 217 Å². The number of rotatable bonds is 5. The van der Waals surface area contributed by atoms with Crippen LogP contribution in [0.25, 0.3) is 11.0 Å². The van der Waals surface area contributed by atoms with Crippen LogP contribution in [-0.2, 0) is 17.3 Å². The molecule has 202 valence electrons. The van der Waals surface area contributed by atoms with Crippen LogP contribution in [-0.4, -0.2) is 64.7 Å². The van der Waals surface area contributed by atoms with Crippen LogP contribution < -0.4 is 15.4 Å². The summed E-state index contributed by atoms with van der Waals surface area (Å²) in [5.41, 5.74) is 1.23. The Hall–Kier alpha value is -3.54. The van der Waals surface area contributed by atoms with Gasteiger partial charge in [-0.05, 0) is 25.0 Å². The molecule has 4 heterocycles. The van der Waals surface area contributed by atoms with Crippen molar-refractivity contribution in [2.75, 3.05) is 43.5 Å². The molecule has 38 heavy (non-hydrogen) atoms. The molecule has 1 saturated heterocycles. The average Bonchev–Trinajstić information content (AvgIpc) is 3.58. The van der Waals surface area contributed by atoms with Crippen molar-refractivity contribution in [1.29, 1.82) is 0 Å². The van der Waals surface area contributed by atoms with Gasteiger partial charge in [0, 0.05) is 42.9 Å². The van der Waals surface area contributed by atoms with Crippen LogP contribution in [0.5, 0.6) is 5.75 Å². The van der Waals surface area contributed by atoms with E-state index in [2.05, 4.69) is 25.6 Å². The minimum Gasteiger partial charge on any atom is -0.491 e. The molecule has 1 aliphatic carbocycles. The maximum atomic E-state index is 13.8. The maximum absolute atomic E-state index is 13.8. The smallest absolute Gasteiger partial charge is 0.418 e. The molecular formula is C26H29F3N6O3. The number of nitrogens with one attached hydrogen (secondary N) is 3. The first-order valence-electron chi connectivity index (χ1n) is 13.0. The van der Waals surface area contributed by atoms with Crippen molar-refractivity contribution >= 4 is 34.4 Å². The van der Waals surface area contributed by atoms with E-state index in [4.69, 9.17) is 9.47 Å². The molecule has 0 bridgehead atoms. The number of benzene rings is 1. The van der Waals surface area contributed by atoms with E-state index in [9.17, 15) is 18.0 Å². The molecule has 0 spiro atoms. The monoisotopic (exact) mass is 530 g/mol. The van der Waals surface area contributed by atoms with Gasteiger partial charge in [0.2, 0.25) is 5.95 Å². The number of hydrogen-bond donors (Lipinski definition) is 3. The summed E-state index contributed by atoms with van der Waals surface area (Å²) < 4.78 is 52.6. The number of aromatic amines is 1. The molecule has 2 fully saturated rings. The molecule has 1 aromatic carbocycles. The second-order valence-corrected chi connectivity index (χ2v) is 9.90. The van der Waals surface area contributed by atoms with Crippen molar-refractivity contribution in [2.45, 2.75) is 50.7 Å². The summed E-state index contributed by atoms with van der Waals surface area (Å²) in [7, 11) is 0. The number of anilines is 3. The Balaban J connectivity index is 1.34. The minimum absolute atomic E-state index is 0.0451. The molecule has 3 N–H and O–H groups in total. The lowest BCUT2D eigenvalue weighted by Crippen LogP contribution is -2.41. The summed E-state index contributed by atoms with van der Waals surface area (Å²) in [5.74, 6) is 0.757. The number of H-pyrrole nitrogens is 1. The fourth-order valence-corrected chi connectivity index (χ4v) is 5.51. The molecule has 3 aliphatic rings. The number of carbonyl (C=O) groups excluding carboxylic acids is 1. The molecular weight excluding hydrogens is 501 g/mol. The summed E-state index contributed by atoms with van der Waals surface area (Å²) >= 11 is 0. The Morgan fingerprint density at radius 3 is 2.63 bits per heavy atom. The number of hydrogen-bond acceptors (Lipinski definition) is 7. The molecule has 0 radical (unpaired) electrons. The molecule has 12 heteroatoms. The number of carbonyl (C=O) groups is 1. The Bertz CT molecular complexity index is 1350. The van der Waals surface area contributed by atoms with Gasteiger partial charge in [-0.1, -0.05) is 19.3 Å². The number of halogens is 3. The highest BCUT2D eigenvalue weighted by atomic mass is 19.4. The largest absolute Gasteiger partial charge is 0.491 e. The van der Waals surface area contributed by atoms with Crippen LogP contribution in [0.15, 0.2) is 18.3 Å². The molecule has 2 aromatic heterocycles. The summed E-state index contributed by atoms with van der Waals surface area (Å²) in [4.78, 5) is 26.4. The van der Waals surface area contributed by atoms with E-state index >= 15 is 0 Å². The van der Waals surface area contributed by atoms with Crippen LogP contribution in [0.4, 0.5) is 30.6 Å². The van der Waals surface area contributed by atoms with Gasteiger partial charge < -0.3 is 30.0 Å². The van der Waals surface area contributed by atoms with Gasteiger partial charge in [0.15, 0.2) is 0 Å². The number of alkyl halides is 3. The van der Waals surface area contributed by atoms with E-state index in [1.807, 2.05) is 0 Å². The Morgan fingerprint density at radius 2 is 1.87 bits per heavy atom. The number of nitrogens with zero attached hydrogens (tertiary/aromatic N) is 3. The third kappa shape index (κ3) is 4.72. The van der Waals surface area contributed by atoms with E-state index < -0.39 is 11.7 Å². The lowest BCUT2D eigenvalue weighted by atomic mass is 9.95. The van der Waals surface area contributed by atoms with Crippen LogP contribution in [0.1, 0.15) is 53.6 Å². The van der Waals surface area contributed by atoms with Crippen LogP contribution >= 0.6 is 0 Å². The zero-order valence-corrected chi connectivity index (χ0v) is 20.8. The van der Waals surface area contributed by atoms with Crippen molar-refractivity contribution in [1.82, 2.24) is 19.9 Å². The molecule has 6 rings (SSSR count). The van der Waals surface area contributed by atoms with Crippen molar-refractivity contribution in [3.8, 4) is 5.75 Å². The Morgan fingerprint density at radius 1 is 1.08 bits per heavy atom. The number of fused-ring (bicyclic) bond motifs is 2. The Kier molecular flexibility index (Phi) is 6.50. The van der Waals surface area contributed by atoms with Gasteiger partial charge in [-0.3, -0.25) is 4.79 Å². The van der Waals surface area contributed by atoms with Gasteiger partial charge in [-0.2, -0.15) is 23.1 Å². The van der Waals surface area contributed by atoms with E-state index in [0.717, 1.165) is 43.9 Å². The van der Waals surface area contributed by atoms with E-state index in [1.165, 1.54) is 0 Å². The SMILES string of the molecule is O=C(c1ccc(Nc2nc(NC3CCCCC3)c3c(C(F)(F)F)c[nH]c3n2)c2c1CCO2)N1CCOCC1. The second kappa shape index (κ2) is 9.97. The van der Waals surface area contributed by atoms with E-state index in [-0.39, 0.29) is 34.7 Å². The van der Waals surface area contributed by atoms with Gasteiger partial charge in [-0.25, -0.2) is 0 Å². The predicted molar refractivity (Wildman–Crippen MR) is 135 cm³/mol. The van der Waals surface area contributed by atoms with E-state index in [1.54, 1.807) is 17.0 Å². The summed E-state index contributed by atoms with van der Waals surface area (Å²) in [6.07, 6.45) is 1.89. The lowest BCUT2D eigenvalue weighted by Gasteiger charge is -2.27. The highest BCUT2D eigenvalue weighted by Gasteiger charge is 2.36. The van der Waals surface area contributed by atoms with Crippen molar-refractivity contribution in [3.05, 3.63) is 35.0 Å². The number of amides is 1. The second-order valence-electron chi connectivity index (χ2n) is 9.90. The van der Waals surface area contributed by atoms with Gasteiger partial charge in [0.1, 0.15) is 17.2 Å². The molecule has 3 aromatic rings. The molecule has 2 aliphatic heterocycles. The fourth-order valence-electron chi connectivity index (χ4n) is 5.51. The summed E-state index contributed by atoms with van der Waals surface area (Å²) in [6.45, 7) is 2.52.